The zero-order chi connectivity index (χ0) is 16.2. The van der Waals surface area contributed by atoms with Crippen molar-refractivity contribution < 1.29 is 9.53 Å². The Kier molecular flexibility index (Phi) is 5.78. The number of ether oxygens (including phenoxy) is 1. The molecular weight excluding hydrogens is 346 g/mol. The molecule has 0 N–H and O–H groups in total. The lowest BCUT2D eigenvalue weighted by molar-refractivity contribution is 0.00888. The van der Waals surface area contributed by atoms with Crippen LogP contribution in [0, 0.1) is 0 Å². The maximum absolute atomic E-state index is 12.3. The molecule has 1 unspecified atom stereocenters. The molecule has 0 radical (unpaired) electrons. The van der Waals surface area contributed by atoms with Crippen LogP contribution in [0.25, 0.3) is 0 Å². The molecule has 0 saturated carbocycles. The zero-order valence-corrected chi connectivity index (χ0v) is 15.1. The quantitative estimate of drug-likeness (QED) is 0.808. The first-order valence-electron chi connectivity index (χ1n) is 7.81. The SMILES string of the molecule is CC(C)(C)OC(=O)N1CCCCC1CCc1cnc(Br)cn1. The second kappa shape index (κ2) is 7.40. The molecule has 1 fully saturated rings. The highest BCUT2D eigenvalue weighted by atomic mass is 79.9. The molecule has 1 aromatic rings. The summed E-state index contributed by atoms with van der Waals surface area (Å²) in [6, 6.07) is 0.231. The molecule has 1 saturated heterocycles. The van der Waals surface area contributed by atoms with Gasteiger partial charge in [-0.15, -0.1) is 0 Å². The van der Waals surface area contributed by atoms with Gasteiger partial charge in [-0.2, -0.15) is 0 Å². The third-order valence-electron chi connectivity index (χ3n) is 3.66. The number of rotatable bonds is 3. The maximum Gasteiger partial charge on any atom is 0.410 e. The second-order valence-corrected chi connectivity index (χ2v) is 7.50. The molecule has 0 aliphatic carbocycles. The molecule has 5 nitrogen and oxygen atoms in total. The first kappa shape index (κ1) is 17.2. The fraction of sp³-hybridized carbons (Fsp3) is 0.688. The minimum Gasteiger partial charge on any atom is -0.444 e. The van der Waals surface area contributed by atoms with Gasteiger partial charge in [-0.05, 0) is 68.8 Å². The van der Waals surface area contributed by atoms with Crippen molar-refractivity contribution in [3.8, 4) is 0 Å². The van der Waals surface area contributed by atoms with Crippen LogP contribution < -0.4 is 0 Å². The summed E-state index contributed by atoms with van der Waals surface area (Å²) < 4.78 is 6.27. The summed E-state index contributed by atoms with van der Waals surface area (Å²) in [5, 5.41) is 0. The molecule has 6 heteroatoms. The van der Waals surface area contributed by atoms with Crippen molar-refractivity contribution in [1.82, 2.24) is 14.9 Å². The number of piperidine rings is 1. The van der Waals surface area contributed by atoms with Crippen molar-refractivity contribution in [2.75, 3.05) is 6.54 Å². The summed E-state index contributed by atoms with van der Waals surface area (Å²) in [7, 11) is 0. The van der Waals surface area contributed by atoms with E-state index in [9.17, 15) is 4.79 Å². The number of nitrogens with zero attached hydrogens (tertiary/aromatic N) is 3. The molecule has 1 aliphatic heterocycles. The number of carbonyl (C=O) groups excluding carboxylic acids is 1. The van der Waals surface area contributed by atoms with Crippen LogP contribution in [0.15, 0.2) is 17.0 Å². The van der Waals surface area contributed by atoms with Crippen molar-refractivity contribution in [3.05, 3.63) is 22.7 Å². The van der Waals surface area contributed by atoms with Crippen molar-refractivity contribution in [3.63, 3.8) is 0 Å². The van der Waals surface area contributed by atoms with E-state index in [1.54, 1.807) is 12.4 Å². The number of hydrogen-bond donors (Lipinski definition) is 0. The molecule has 1 aromatic heterocycles. The summed E-state index contributed by atoms with van der Waals surface area (Å²) in [6.07, 6.45) is 8.26. The van der Waals surface area contributed by atoms with Gasteiger partial charge in [-0.25, -0.2) is 9.78 Å². The van der Waals surface area contributed by atoms with Crippen LogP contribution >= 0.6 is 15.9 Å². The Balaban J connectivity index is 1.94. The van der Waals surface area contributed by atoms with Gasteiger partial charge in [0.05, 0.1) is 11.9 Å². The third kappa shape index (κ3) is 5.23. The average molecular weight is 370 g/mol. The minimum absolute atomic E-state index is 0.195. The normalized spacial score (nSPS) is 19.1. The van der Waals surface area contributed by atoms with E-state index in [1.807, 2.05) is 25.7 Å². The molecule has 0 spiro atoms. The average Bonchev–Trinajstić information content (AvgIpc) is 2.45. The van der Waals surface area contributed by atoms with Crippen LogP contribution in [0.5, 0.6) is 0 Å². The molecule has 2 heterocycles. The summed E-state index contributed by atoms with van der Waals surface area (Å²) in [6.45, 7) is 6.50. The first-order chi connectivity index (χ1) is 10.3. The van der Waals surface area contributed by atoms with Gasteiger partial charge >= 0.3 is 6.09 Å². The Morgan fingerprint density at radius 3 is 2.77 bits per heavy atom. The van der Waals surface area contributed by atoms with Gasteiger partial charge in [0, 0.05) is 18.8 Å². The van der Waals surface area contributed by atoms with E-state index in [0.717, 1.165) is 48.9 Å². The zero-order valence-electron chi connectivity index (χ0n) is 13.5. The number of aromatic nitrogens is 2. The minimum atomic E-state index is -0.448. The molecule has 0 bridgehead atoms. The Morgan fingerprint density at radius 2 is 2.14 bits per heavy atom. The van der Waals surface area contributed by atoms with E-state index in [4.69, 9.17) is 4.74 Å². The van der Waals surface area contributed by atoms with Gasteiger partial charge in [0.15, 0.2) is 0 Å². The van der Waals surface area contributed by atoms with Crippen LogP contribution in [0.4, 0.5) is 4.79 Å². The topological polar surface area (TPSA) is 55.3 Å². The van der Waals surface area contributed by atoms with Crippen LogP contribution in [-0.4, -0.2) is 39.1 Å². The molecular formula is C16H24BrN3O2. The van der Waals surface area contributed by atoms with Crippen molar-refractivity contribution in [2.24, 2.45) is 0 Å². The summed E-state index contributed by atoms with van der Waals surface area (Å²) >= 11 is 3.29. The second-order valence-electron chi connectivity index (χ2n) is 6.69. The lowest BCUT2D eigenvalue weighted by Gasteiger charge is -2.36. The van der Waals surface area contributed by atoms with E-state index < -0.39 is 5.60 Å². The van der Waals surface area contributed by atoms with Crippen LogP contribution in [0.1, 0.15) is 52.1 Å². The smallest absolute Gasteiger partial charge is 0.410 e. The first-order valence-corrected chi connectivity index (χ1v) is 8.60. The Bertz CT molecular complexity index is 499. The van der Waals surface area contributed by atoms with Gasteiger partial charge in [0.1, 0.15) is 10.2 Å². The predicted molar refractivity (Wildman–Crippen MR) is 88.6 cm³/mol. The number of halogens is 1. The summed E-state index contributed by atoms with van der Waals surface area (Å²) in [5.41, 5.74) is 0.508. The third-order valence-corrected chi connectivity index (χ3v) is 4.07. The van der Waals surface area contributed by atoms with E-state index in [1.165, 1.54) is 0 Å². The lowest BCUT2D eigenvalue weighted by atomic mass is 9.98. The number of amides is 1. The largest absolute Gasteiger partial charge is 0.444 e. The molecule has 1 atom stereocenters. The van der Waals surface area contributed by atoms with Crippen molar-refractivity contribution in [2.45, 2.75) is 64.5 Å². The van der Waals surface area contributed by atoms with Gasteiger partial charge in [0.2, 0.25) is 0 Å². The van der Waals surface area contributed by atoms with E-state index >= 15 is 0 Å². The van der Waals surface area contributed by atoms with Gasteiger partial charge in [0.25, 0.3) is 0 Å². The van der Waals surface area contributed by atoms with Crippen molar-refractivity contribution in [1.29, 1.82) is 0 Å². The number of likely N-dealkylation sites (tertiary alicyclic amines) is 1. The predicted octanol–water partition coefficient (Wildman–Crippen LogP) is 3.96. The molecule has 1 aliphatic rings. The number of carbonyl (C=O) groups is 1. The highest BCUT2D eigenvalue weighted by Crippen LogP contribution is 2.23. The molecule has 2 rings (SSSR count). The van der Waals surface area contributed by atoms with Gasteiger partial charge in [-0.3, -0.25) is 4.98 Å². The van der Waals surface area contributed by atoms with Crippen LogP contribution in [-0.2, 0) is 11.2 Å². The van der Waals surface area contributed by atoms with Crippen molar-refractivity contribution >= 4 is 22.0 Å². The monoisotopic (exact) mass is 369 g/mol. The Labute approximate surface area is 140 Å². The molecule has 0 aromatic carbocycles. The molecule has 1 amide bonds. The van der Waals surface area contributed by atoms with Gasteiger partial charge < -0.3 is 9.64 Å². The molecule has 22 heavy (non-hydrogen) atoms. The number of hydrogen-bond acceptors (Lipinski definition) is 4. The highest BCUT2D eigenvalue weighted by Gasteiger charge is 2.30. The van der Waals surface area contributed by atoms with Crippen LogP contribution in [0.2, 0.25) is 0 Å². The summed E-state index contributed by atoms with van der Waals surface area (Å²) in [4.78, 5) is 22.8. The summed E-state index contributed by atoms with van der Waals surface area (Å²) in [5.74, 6) is 0. The van der Waals surface area contributed by atoms with E-state index in [-0.39, 0.29) is 12.1 Å². The fourth-order valence-electron chi connectivity index (χ4n) is 2.64. The standard InChI is InChI=1S/C16H24BrN3O2/c1-16(2,3)22-15(21)20-9-5-4-6-13(20)8-7-12-10-19-14(17)11-18-12/h10-11,13H,4-9H2,1-3H3. The number of aryl methyl sites for hydroxylation is 1. The molecule has 122 valence electrons. The maximum atomic E-state index is 12.3. The van der Waals surface area contributed by atoms with Gasteiger partial charge in [-0.1, -0.05) is 0 Å². The lowest BCUT2D eigenvalue weighted by Crippen LogP contribution is -2.46. The fourth-order valence-corrected chi connectivity index (χ4v) is 2.85. The van der Waals surface area contributed by atoms with E-state index in [0.29, 0.717) is 0 Å². The van der Waals surface area contributed by atoms with Crippen LogP contribution in [0.3, 0.4) is 0 Å². The highest BCUT2D eigenvalue weighted by molar-refractivity contribution is 9.10. The van der Waals surface area contributed by atoms with E-state index in [2.05, 4.69) is 25.9 Å². The Morgan fingerprint density at radius 1 is 1.36 bits per heavy atom. The Hall–Kier alpha value is -1.17.